The summed E-state index contributed by atoms with van der Waals surface area (Å²) in [4.78, 5) is 38.2. The van der Waals surface area contributed by atoms with Crippen LogP contribution in [0, 0.1) is 11.3 Å². The maximum atomic E-state index is 13.5. The summed E-state index contributed by atoms with van der Waals surface area (Å²) in [5, 5.41) is 17.6. The van der Waals surface area contributed by atoms with Gasteiger partial charge >= 0.3 is 0 Å². The molecular formula is C23H28N6O5S. The molecule has 0 aliphatic carbocycles. The van der Waals surface area contributed by atoms with Crippen molar-refractivity contribution in [3.8, 4) is 0 Å². The van der Waals surface area contributed by atoms with Crippen LogP contribution >= 0.6 is 0 Å². The van der Waals surface area contributed by atoms with E-state index < -0.39 is 52.8 Å². The number of carbonyl (C=O) groups is 3. The minimum atomic E-state index is -4.43. The van der Waals surface area contributed by atoms with Crippen LogP contribution in [-0.2, 0) is 24.4 Å². The number of piperazine rings is 1. The molecule has 6 N–H and O–H groups in total. The predicted molar refractivity (Wildman–Crippen MR) is 129 cm³/mol. The summed E-state index contributed by atoms with van der Waals surface area (Å²) in [7, 11) is -4.43. The molecule has 35 heavy (non-hydrogen) atoms. The smallest absolute Gasteiger partial charge is 0.267 e. The van der Waals surface area contributed by atoms with Crippen molar-refractivity contribution in [2.75, 3.05) is 19.6 Å². The van der Waals surface area contributed by atoms with Gasteiger partial charge < -0.3 is 21.7 Å². The van der Waals surface area contributed by atoms with Crippen molar-refractivity contribution in [2.45, 2.75) is 36.2 Å². The molecular weight excluding hydrogens is 472 g/mol. The van der Waals surface area contributed by atoms with Crippen LogP contribution in [0.5, 0.6) is 0 Å². The van der Waals surface area contributed by atoms with E-state index in [4.69, 9.17) is 11.1 Å². The molecule has 2 aliphatic heterocycles. The van der Waals surface area contributed by atoms with Gasteiger partial charge in [0.05, 0.1) is 23.9 Å². The lowest BCUT2D eigenvalue weighted by Crippen LogP contribution is -2.61. The fourth-order valence-corrected chi connectivity index (χ4v) is 6.16. The fourth-order valence-electron chi connectivity index (χ4n) is 4.58. The Morgan fingerprint density at radius 2 is 1.94 bits per heavy atom. The molecule has 0 bridgehead atoms. The second kappa shape index (κ2) is 10.0. The molecule has 2 aromatic rings. The van der Waals surface area contributed by atoms with E-state index in [1.165, 1.54) is 12.1 Å². The summed E-state index contributed by atoms with van der Waals surface area (Å²) < 4.78 is 27.5. The van der Waals surface area contributed by atoms with E-state index >= 15 is 0 Å². The molecule has 2 aliphatic rings. The van der Waals surface area contributed by atoms with Crippen LogP contribution in [0.2, 0.25) is 0 Å². The van der Waals surface area contributed by atoms with E-state index in [2.05, 4.69) is 16.0 Å². The van der Waals surface area contributed by atoms with E-state index in [-0.39, 0.29) is 16.6 Å². The highest BCUT2D eigenvalue weighted by Gasteiger charge is 2.44. The molecule has 0 spiro atoms. The molecule has 12 heteroatoms. The van der Waals surface area contributed by atoms with E-state index in [0.29, 0.717) is 16.2 Å². The number of nitrogens with two attached hydrogens (primary N) is 1. The first kappa shape index (κ1) is 24.6. The molecule has 0 radical (unpaired) electrons. The molecule has 2 saturated heterocycles. The summed E-state index contributed by atoms with van der Waals surface area (Å²) in [6.45, 7) is 0.907. The van der Waals surface area contributed by atoms with Gasteiger partial charge in [0.15, 0.2) is 0 Å². The highest BCUT2D eigenvalue weighted by Crippen LogP contribution is 2.26. The lowest BCUT2D eigenvalue weighted by Gasteiger charge is -2.34. The van der Waals surface area contributed by atoms with Crippen LogP contribution in [0.3, 0.4) is 0 Å². The lowest BCUT2D eigenvalue weighted by atomic mass is 9.90. The number of nitrogens with zero attached hydrogens (tertiary/aromatic N) is 1. The van der Waals surface area contributed by atoms with Crippen molar-refractivity contribution < 1.29 is 22.8 Å². The van der Waals surface area contributed by atoms with Gasteiger partial charge in [0.1, 0.15) is 11.9 Å². The van der Waals surface area contributed by atoms with Crippen LogP contribution in [-0.4, -0.2) is 68.0 Å². The lowest BCUT2D eigenvalue weighted by molar-refractivity contribution is -0.141. The Labute approximate surface area is 203 Å². The third kappa shape index (κ3) is 5.13. The van der Waals surface area contributed by atoms with Crippen molar-refractivity contribution >= 4 is 44.4 Å². The van der Waals surface area contributed by atoms with Gasteiger partial charge in [-0.1, -0.05) is 30.3 Å². The number of piperidine rings is 1. The Morgan fingerprint density at radius 1 is 1.20 bits per heavy atom. The SMILES string of the molecule is N=C(N)C(NC(=O)CC1C(=O)NCC(=O)N1S(=O)(=O)c1ccc2ccccc2c1)C1CCCNC1. The van der Waals surface area contributed by atoms with Crippen LogP contribution in [0.15, 0.2) is 47.4 Å². The van der Waals surface area contributed by atoms with Gasteiger partial charge in [-0.15, -0.1) is 0 Å². The number of benzene rings is 2. The topological polar surface area (TPSA) is 175 Å². The molecule has 2 fully saturated rings. The van der Waals surface area contributed by atoms with Crippen molar-refractivity contribution in [1.82, 2.24) is 20.3 Å². The van der Waals surface area contributed by atoms with Gasteiger partial charge in [0.2, 0.25) is 11.8 Å². The zero-order valence-electron chi connectivity index (χ0n) is 19.0. The molecule has 2 aromatic carbocycles. The van der Waals surface area contributed by atoms with Crippen LogP contribution in [0.4, 0.5) is 0 Å². The molecule has 11 nitrogen and oxygen atoms in total. The van der Waals surface area contributed by atoms with Crippen molar-refractivity contribution in [2.24, 2.45) is 11.7 Å². The number of amidine groups is 1. The number of sulfonamides is 1. The number of hydrogen-bond acceptors (Lipinski definition) is 7. The zero-order chi connectivity index (χ0) is 25.2. The van der Waals surface area contributed by atoms with E-state index in [0.717, 1.165) is 24.8 Å². The summed E-state index contributed by atoms with van der Waals surface area (Å²) in [6, 6.07) is 9.25. The minimum Gasteiger partial charge on any atom is -0.386 e. The highest BCUT2D eigenvalue weighted by atomic mass is 32.2. The average Bonchev–Trinajstić information content (AvgIpc) is 2.84. The standard InChI is InChI=1S/C23H28N6O5S/c24-22(25)21(16-6-3-9-26-12-16)28-19(30)11-18-23(32)27-13-20(31)29(18)35(33,34)17-8-7-14-4-1-2-5-15(14)10-17/h1-2,4-5,7-8,10,16,18,21,26H,3,6,9,11-13H2,(H3,24,25)(H,27,32)(H,28,30). The number of hydrogen-bond donors (Lipinski definition) is 5. The Bertz CT molecular complexity index is 1270. The van der Waals surface area contributed by atoms with Gasteiger partial charge in [0, 0.05) is 6.54 Å². The first-order valence-corrected chi connectivity index (χ1v) is 12.8. The Balaban J connectivity index is 1.59. The molecule has 3 amide bonds. The van der Waals surface area contributed by atoms with Gasteiger partial charge in [0.25, 0.3) is 15.9 Å². The number of carbonyl (C=O) groups excluding carboxylic acids is 3. The molecule has 3 unspecified atom stereocenters. The minimum absolute atomic E-state index is 0.107. The van der Waals surface area contributed by atoms with Crippen LogP contribution < -0.4 is 21.7 Å². The molecule has 186 valence electrons. The largest absolute Gasteiger partial charge is 0.386 e. The first-order valence-electron chi connectivity index (χ1n) is 11.4. The zero-order valence-corrected chi connectivity index (χ0v) is 19.8. The van der Waals surface area contributed by atoms with Gasteiger partial charge in [-0.05, 0) is 48.2 Å². The molecule has 3 atom stereocenters. The number of amides is 3. The maximum Gasteiger partial charge on any atom is 0.267 e. The van der Waals surface area contributed by atoms with E-state index in [1.54, 1.807) is 18.2 Å². The van der Waals surface area contributed by atoms with Gasteiger partial charge in [-0.3, -0.25) is 19.8 Å². The Hall–Kier alpha value is -3.51. The van der Waals surface area contributed by atoms with Crippen molar-refractivity contribution in [1.29, 1.82) is 5.41 Å². The van der Waals surface area contributed by atoms with E-state index in [1.807, 2.05) is 12.1 Å². The molecule has 2 heterocycles. The Morgan fingerprint density at radius 3 is 2.63 bits per heavy atom. The summed E-state index contributed by atoms with van der Waals surface area (Å²) in [6.07, 6.45) is 1.03. The van der Waals surface area contributed by atoms with Crippen LogP contribution in [0.25, 0.3) is 10.8 Å². The quantitative estimate of drug-likeness (QED) is 0.255. The first-order chi connectivity index (χ1) is 16.7. The van der Waals surface area contributed by atoms with Crippen molar-refractivity contribution in [3.05, 3.63) is 42.5 Å². The second-order valence-electron chi connectivity index (χ2n) is 8.75. The summed E-state index contributed by atoms with van der Waals surface area (Å²) >= 11 is 0. The Kier molecular flexibility index (Phi) is 7.03. The monoisotopic (exact) mass is 500 g/mol. The molecule has 0 saturated carbocycles. The van der Waals surface area contributed by atoms with E-state index in [9.17, 15) is 22.8 Å². The third-order valence-electron chi connectivity index (χ3n) is 6.36. The summed E-state index contributed by atoms with van der Waals surface area (Å²) in [5.41, 5.74) is 5.72. The number of nitrogens with one attached hydrogen (secondary N) is 4. The van der Waals surface area contributed by atoms with Gasteiger partial charge in [-0.25, -0.2) is 12.7 Å². The molecule has 0 aromatic heterocycles. The predicted octanol–water partition coefficient (Wildman–Crippen LogP) is -0.334. The van der Waals surface area contributed by atoms with Crippen molar-refractivity contribution in [3.63, 3.8) is 0 Å². The summed E-state index contributed by atoms with van der Waals surface area (Å²) in [5.74, 6) is -2.59. The number of rotatable bonds is 7. The van der Waals surface area contributed by atoms with Gasteiger partial charge in [-0.2, -0.15) is 0 Å². The fraction of sp³-hybridized carbons (Fsp3) is 0.391. The normalized spacial score (nSPS) is 21.9. The third-order valence-corrected chi connectivity index (χ3v) is 8.19. The molecule has 4 rings (SSSR count). The van der Waals surface area contributed by atoms with Crippen LogP contribution in [0.1, 0.15) is 19.3 Å². The average molecular weight is 501 g/mol. The highest BCUT2D eigenvalue weighted by molar-refractivity contribution is 7.89. The maximum absolute atomic E-state index is 13.5. The number of fused-ring (bicyclic) bond motifs is 1. The second-order valence-corrected chi connectivity index (χ2v) is 10.6.